The third-order valence-corrected chi connectivity index (χ3v) is 8.37. The first-order valence-electron chi connectivity index (χ1n) is 14.6. The van der Waals surface area contributed by atoms with Crippen LogP contribution in [-0.2, 0) is 10.1 Å². The molecule has 0 heterocycles. The van der Waals surface area contributed by atoms with Crippen molar-refractivity contribution in [3.63, 3.8) is 0 Å². The summed E-state index contributed by atoms with van der Waals surface area (Å²) < 4.78 is 46.2. The second-order valence-corrected chi connectivity index (χ2v) is 11.8. The first kappa shape index (κ1) is 32.9. The minimum atomic E-state index is -4.54. The summed E-state index contributed by atoms with van der Waals surface area (Å²) >= 11 is 0. The van der Waals surface area contributed by atoms with Gasteiger partial charge in [0.05, 0.1) is 45.3 Å². The van der Waals surface area contributed by atoms with Crippen molar-refractivity contribution in [1.29, 1.82) is 0 Å². The predicted molar refractivity (Wildman–Crippen MR) is 162 cm³/mol. The van der Waals surface area contributed by atoms with Crippen molar-refractivity contribution in [2.24, 2.45) is 0 Å². The Labute approximate surface area is 236 Å². The van der Waals surface area contributed by atoms with E-state index < -0.39 is 10.1 Å². The van der Waals surface area contributed by atoms with Crippen LogP contribution in [-0.4, -0.2) is 57.9 Å². The molecule has 0 aliphatic heterocycles. The Morgan fingerprint density at radius 1 is 0.641 bits per heavy atom. The molecule has 0 N–H and O–H groups in total. The Kier molecular flexibility index (Phi) is 13.5. The van der Waals surface area contributed by atoms with Crippen molar-refractivity contribution in [1.82, 2.24) is 0 Å². The van der Waals surface area contributed by atoms with E-state index in [4.69, 9.17) is 9.47 Å². The Bertz CT molecular complexity index is 1240. The van der Waals surface area contributed by atoms with E-state index in [2.05, 4.69) is 27.7 Å². The molecular formula is C32H49NO5S. The van der Waals surface area contributed by atoms with Gasteiger partial charge in [0.25, 0.3) is 0 Å². The molecule has 0 aliphatic carbocycles. The van der Waals surface area contributed by atoms with Crippen LogP contribution in [0, 0.1) is 0 Å². The Morgan fingerprint density at radius 3 is 1.38 bits per heavy atom. The number of ether oxygens (including phenoxy) is 2. The van der Waals surface area contributed by atoms with Crippen molar-refractivity contribution in [3.05, 3.63) is 42.5 Å². The average molecular weight is 560 g/mol. The molecule has 0 atom stereocenters. The van der Waals surface area contributed by atoms with E-state index in [1.165, 1.54) is 101 Å². The highest BCUT2D eigenvalue weighted by molar-refractivity contribution is 7.85. The number of quaternary nitrogens is 1. The zero-order valence-electron chi connectivity index (χ0n) is 24.9. The minimum absolute atomic E-state index is 0.296. The molecule has 218 valence electrons. The lowest BCUT2D eigenvalue weighted by Crippen LogP contribution is -2.50. The van der Waals surface area contributed by atoms with Crippen LogP contribution >= 0.6 is 0 Å². The summed E-state index contributed by atoms with van der Waals surface area (Å²) in [5, 5.41) is 2.85. The molecule has 3 aromatic carbocycles. The van der Waals surface area contributed by atoms with Crippen LogP contribution in [0.5, 0.6) is 11.5 Å². The van der Waals surface area contributed by atoms with E-state index in [0.717, 1.165) is 10.8 Å². The Balaban J connectivity index is 0.000000285. The zero-order chi connectivity index (χ0) is 28.9. The van der Waals surface area contributed by atoms with Crippen molar-refractivity contribution in [2.45, 2.75) is 84.0 Å². The molecule has 6 nitrogen and oxygen atoms in total. The molecule has 0 unspecified atom stereocenters. The average Bonchev–Trinajstić information content (AvgIpc) is 2.94. The molecular weight excluding hydrogens is 510 g/mol. The van der Waals surface area contributed by atoms with E-state index in [9.17, 15) is 13.0 Å². The third kappa shape index (κ3) is 8.82. The molecule has 0 saturated heterocycles. The number of unbranched alkanes of at least 4 members (excludes halogenated alkanes) is 4. The molecule has 7 heteroatoms. The molecule has 3 aromatic rings. The SMILES string of the molecule is CCCC[N+](CCCC)(CCCC)CCCC.COc1c2ccccc2c(OC)c2cc(S(=O)(=O)[O-])ccc12. The summed E-state index contributed by atoms with van der Waals surface area (Å²) in [6, 6.07) is 11.7. The summed E-state index contributed by atoms with van der Waals surface area (Å²) in [5.41, 5.74) is 0. The van der Waals surface area contributed by atoms with Gasteiger partial charge in [-0.15, -0.1) is 0 Å². The Morgan fingerprint density at radius 2 is 1.03 bits per heavy atom. The second kappa shape index (κ2) is 16.0. The van der Waals surface area contributed by atoms with Gasteiger partial charge in [-0.1, -0.05) is 77.6 Å². The first-order chi connectivity index (χ1) is 18.7. The topological polar surface area (TPSA) is 75.7 Å². The van der Waals surface area contributed by atoms with Crippen LogP contribution < -0.4 is 9.47 Å². The number of hydrogen-bond acceptors (Lipinski definition) is 5. The fraction of sp³-hybridized carbons (Fsp3) is 0.562. The molecule has 0 saturated carbocycles. The molecule has 0 aromatic heterocycles. The fourth-order valence-electron chi connectivity index (χ4n) is 5.32. The first-order valence-corrected chi connectivity index (χ1v) is 16.0. The summed E-state index contributed by atoms with van der Waals surface area (Å²) in [6.07, 6.45) is 11.1. The molecule has 0 radical (unpaired) electrons. The number of rotatable bonds is 15. The second-order valence-electron chi connectivity index (χ2n) is 10.4. The highest BCUT2D eigenvalue weighted by Gasteiger charge is 2.24. The Hall–Kier alpha value is -2.35. The van der Waals surface area contributed by atoms with Crippen LogP contribution in [0.25, 0.3) is 21.5 Å². The van der Waals surface area contributed by atoms with Crippen molar-refractivity contribution >= 4 is 31.7 Å². The summed E-state index contributed by atoms with van der Waals surface area (Å²) in [6.45, 7) is 15.0. The maximum atomic E-state index is 11.3. The molecule has 0 amide bonds. The smallest absolute Gasteiger partial charge is 0.134 e. The van der Waals surface area contributed by atoms with Gasteiger partial charge in [-0.2, -0.15) is 0 Å². The quantitative estimate of drug-likeness (QED) is 0.107. The van der Waals surface area contributed by atoms with Gasteiger partial charge in [-0.3, -0.25) is 0 Å². The van der Waals surface area contributed by atoms with Crippen LogP contribution in [0.4, 0.5) is 0 Å². The maximum absolute atomic E-state index is 11.3. The molecule has 0 aliphatic rings. The van der Waals surface area contributed by atoms with Gasteiger partial charge >= 0.3 is 0 Å². The van der Waals surface area contributed by atoms with Gasteiger partial charge in [-0.05, 0) is 43.9 Å². The van der Waals surface area contributed by atoms with E-state index in [1.54, 1.807) is 13.2 Å². The lowest BCUT2D eigenvalue weighted by Gasteiger charge is -2.39. The standard InChI is InChI=1S/C16H36N.C16H14O5S/c1-5-9-13-17(14-10-6-2,15-11-7-3)16-12-8-4;1-20-15-11-5-3-4-6-12(11)16(21-2)14-9-10(22(17,18)19)7-8-13(14)15/h5-16H2,1-4H3;3-9H,1-2H3,(H,17,18,19)/q+1;/p-1. The van der Waals surface area contributed by atoms with Crippen molar-refractivity contribution < 1.29 is 26.9 Å². The molecule has 0 bridgehead atoms. The van der Waals surface area contributed by atoms with Crippen LogP contribution in [0.1, 0.15) is 79.1 Å². The maximum Gasteiger partial charge on any atom is 0.134 e. The number of benzene rings is 3. The number of hydrogen-bond donors (Lipinski definition) is 0. The highest BCUT2D eigenvalue weighted by atomic mass is 32.2. The third-order valence-electron chi connectivity index (χ3n) is 7.54. The number of methoxy groups -OCH3 is 2. The van der Waals surface area contributed by atoms with Crippen LogP contribution in [0.15, 0.2) is 47.4 Å². The van der Waals surface area contributed by atoms with Crippen LogP contribution in [0.3, 0.4) is 0 Å². The van der Waals surface area contributed by atoms with Gasteiger partial charge < -0.3 is 18.5 Å². The molecule has 0 fully saturated rings. The number of fused-ring (bicyclic) bond motifs is 2. The normalized spacial score (nSPS) is 11.9. The monoisotopic (exact) mass is 559 g/mol. The fourth-order valence-corrected chi connectivity index (χ4v) is 5.82. The minimum Gasteiger partial charge on any atom is -0.744 e. The largest absolute Gasteiger partial charge is 0.744 e. The van der Waals surface area contributed by atoms with E-state index in [0.29, 0.717) is 22.3 Å². The van der Waals surface area contributed by atoms with Gasteiger partial charge in [-0.25, -0.2) is 8.42 Å². The van der Waals surface area contributed by atoms with E-state index in [-0.39, 0.29) is 4.90 Å². The van der Waals surface area contributed by atoms with Gasteiger partial charge in [0.2, 0.25) is 0 Å². The van der Waals surface area contributed by atoms with Gasteiger partial charge in [0.15, 0.2) is 0 Å². The van der Waals surface area contributed by atoms with Gasteiger partial charge in [0.1, 0.15) is 21.6 Å². The predicted octanol–water partition coefficient (Wildman–Crippen LogP) is 7.92. The van der Waals surface area contributed by atoms with Crippen molar-refractivity contribution in [2.75, 3.05) is 40.4 Å². The van der Waals surface area contributed by atoms with E-state index in [1.807, 2.05) is 24.3 Å². The molecule has 0 spiro atoms. The number of nitrogens with zero attached hydrogens (tertiary/aromatic N) is 1. The molecule has 3 rings (SSSR count). The highest BCUT2D eigenvalue weighted by Crippen LogP contribution is 2.43. The summed E-state index contributed by atoms with van der Waals surface area (Å²) in [4.78, 5) is -0.296. The van der Waals surface area contributed by atoms with Gasteiger partial charge in [0, 0.05) is 21.5 Å². The lowest BCUT2D eigenvalue weighted by atomic mass is 10.0. The zero-order valence-corrected chi connectivity index (χ0v) is 25.7. The summed E-state index contributed by atoms with van der Waals surface area (Å²) in [5.74, 6) is 1.12. The molecule has 39 heavy (non-hydrogen) atoms. The van der Waals surface area contributed by atoms with E-state index >= 15 is 0 Å². The lowest BCUT2D eigenvalue weighted by molar-refractivity contribution is -0.929. The van der Waals surface area contributed by atoms with Crippen LogP contribution in [0.2, 0.25) is 0 Å². The van der Waals surface area contributed by atoms with Crippen molar-refractivity contribution in [3.8, 4) is 11.5 Å². The summed E-state index contributed by atoms with van der Waals surface area (Å²) in [7, 11) is -1.48.